The van der Waals surface area contributed by atoms with E-state index < -0.39 is 10.0 Å². The lowest BCUT2D eigenvalue weighted by Crippen LogP contribution is -2.39. The highest BCUT2D eigenvalue weighted by molar-refractivity contribution is 7.88. The zero-order valence-corrected chi connectivity index (χ0v) is 13.5. The molecule has 0 aromatic carbocycles. The summed E-state index contributed by atoms with van der Waals surface area (Å²) >= 11 is 0. The number of halogens is 1. The van der Waals surface area contributed by atoms with E-state index in [0.717, 1.165) is 25.8 Å². The van der Waals surface area contributed by atoms with Gasteiger partial charge in [-0.3, -0.25) is 4.79 Å². The van der Waals surface area contributed by atoms with Crippen LogP contribution < -0.4 is 5.32 Å². The average Bonchev–Trinajstić information content (AvgIpc) is 2.69. The van der Waals surface area contributed by atoms with Crippen molar-refractivity contribution in [3.05, 3.63) is 0 Å². The SMILES string of the molecule is CS(=O)(=O)N1CCCN(C(=O)CC2CCCN2)CC1.Cl. The van der Waals surface area contributed by atoms with E-state index in [-0.39, 0.29) is 18.3 Å². The van der Waals surface area contributed by atoms with Crippen LogP contribution in [0.25, 0.3) is 0 Å². The zero-order valence-electron chi connectivity index (χ0n) is 11.9. The van der Waals surface area contributed by atoms with Gasteiger partial charge in [-0.2, -0.15) is 0 Å². The number of nitrogens with zero attached hydrogens (tertiary/aromatic N) is 2. The molecular formula is C12H24ClN3O3S. The Morgan fingerprint density at radius 2 is 1.95 bits per heavy atom. The van der Waals surface area contributed by atoms with Gasteiger partial charge in [-0.25, -0.2) is 12.7 Å². The summed E-state index contributed by atoms with van der Waals surface area (Å²) in [6.45, 7) is 3.11. The number of hydrogen-bond donors (Lipinski definition) is 1. The number of carbonyl (C=O) groups is 1. The second kappa shape index (κ2) is 7.59. The summed E-state index contributed by atoms with van der Waals surface area (Å²) in [5.41, 5.74) is 0. The lowest BCUT2D eigenvalue weighted by molar-refractivity contribution is -0.131. The summed E-state index contributed by atoms with van der Waals surface area (Å²) in [6, 6.07) is 0.307. The molecule has 1 unspecified atom stereocenters. The fraction of sp³-hybridized carbons (Fsp3) is 0.917. The van der Waals surface area contributed by atoms with Crippen molar-refractivity contribution in [3.8, 4) is 0 Å². The number of rotatable bonds is 3. The van der Waals surface area contributed by atoms with Crippen molar-refractivity contribution in [2.45, 2.75) is 31.7 Å². The number of amides is 1. The van der Waals surface area contributed by atoms with Gasteiger partial charge in [0.1, 0.15) is 0 Å². The summed E-state index contributed by atoms with van der Waals surface area (Å²) in [7, 11) is -3.14. The van der Waals surface area contributed by atoms with E-state index in [9.17, 15) is 13.2 Å². The molecule has 2 heterocycles. The van der Waals surface area contributed by atoms with Crippen molar-refractivity contribution in [2.75, 3.05) is 39.0 Å². The van der Waals surface area contributed by atoms with Gasteiger partial charge in [-0.15, -0.1) is 12.4 Å². The van der Waals surface area contributed by atoms with E-state index in [1.165, 1.54) is 10.6 Å². The Morgan fingerprint density at radius 1 is 1.20 bits per heavy atom. The molecule has 2 fully saturated rings. The smallest absolute Gasteiger partial charge is 0.224 e. The molecule has 20 heavy (non-hydrogen) atoms. The minimum Gasteiger partial charge on any atom is -0.341 e. The predicted octanol–water partition coefficient (Wildman–Crippen LogP) is 0.0442. The molecule has 2 aliphatic heterocycles. The molecule has 0 spiro atoms. The molecule has 2 aliphatic rings. The van der Waals surface area contributed by atoms with Crippen molar-refractivity contribution in [1.82, 2.24) is 14.5 Å². The molecule has 2 rings (SSSR count). The van der Waals surface area contributed by atoms with Crippen LogP contribution in [-0.2, 0) is 14.8 Å². The molecule has 1 amide bonds. The molecule has 0 bridgehead atoms. The Hall–Kier alpha value is -0.370. The van der Waals surface area contributed by atoms with Gasteiger partial charge in [0.15, 0.2) is 0 Å². The van der Waals surface area contributed by atoms with Gasteiger partial charge in [0, 0.05) is 38.6 Å². The molecule has 0 radical (unpaired) electrons. The lowest BCUT2D eigenvalue weighted by Gasteiger charge is -2.22. The molecule has 0 aromatic heterocycles. The maximum atomic E-state index is 12.2. The van der Waals surface area contributed by atoms with E-state index in [0.29, 0.717) is 38.6 Å². The van der Waals surface area contributed by atoms with Crippen LogP contribution in [0.2, 0.25) is 0 Å². The summed E-state index contributed by atoms with van der Waals surface area (Å²) in [6.07, 6.45) is 4.69. The Kier molecular flexibility index (Phi) is 6.71. The molecule has 6 nitrogen and oxygen atoms in total. The molecule has 8 heteroatoms. The monoisotopic (exact) mass is 325 g/mol. The summed E-state index contributed by atoms with van der Waals surface area (Å²) in [5, 5.41) is 3.32. The summed E-state index contributed by atoms with van der Waals surface area (Å²) in [5.74, 6) is 0.148. The van der Waals surface area contributed by atoms with Crippen molar-refractivity contribution in [3.63, 3.8) is 0 Å². The molecule has 0 aromatic rings. The third-order valence-electron chi connectivity index (χ3n) is 3.86. The van der Waals surface area contributed by atoms with Crippen LogP contribution in [0.5, 0.6) is 0 Å². The van der Waals surface area contributed by atoms with Crippen molar-refractivity contribution in [1.29, 1.82) is 0 Å². The van der Waals surface area contributed by atoms with Crippen molar-refractivity contribution >= 4 is 28.3 Å². The Morgan fingerprint density at radius 3 is 2.55 bits per heavy atom. The topological polar surface area (TPSA) is 69.7 Å². The maximum Gasteiger partial charge on any atom is 0.224 e. The van der Waals surface area contributed by atoms with Crippen LogP contribution in [-0.4, -0.2) is 68.6 Å². The van der Waals surface area contributed by atoms with Gasteiger partial charge >= 0.3 is 0 Å². The molecule has 0 aliphatic carbocycles. The molecular weight excluding hydrogens is 302 g/mol. The second-order valence-electron chi connectivity index (χ2n) is 5.39. The first-order chi connectivity index (χ1) is 8.97. The van der Waals surface area contributed by atoms with Gasteiger partial charge in [0.05, 0.1) is 6.26 Å². The quantitative estimate of drug-likeness (QED) is 0.795. The third kappa shape index (κ3) is 4.87. The van der Waals surface area contributed by atoms with Crippen LogP contribution in [0.15, 0.2) is 0 Å². The Bertz CT molecular complexity index is 424. The number of hydrogen-bond acceptors (Lipinski definition) is 4. The van der Waals surface area contributed by atoms with Gasteiger partial charge in [-0.05, 0) is 25.8 Å². The molecule has 118 valence electrons. The zero-order chi connectivity index (χ0) is 13.9. The van der Waals surface area contributed by atoms with Crippen LogP contribution in [0.3, 0.4) is 0 Å². The van der Waals surface area contributed by atoms with E-state index in [1.807, 2.05) is 4.90 Å². The first kappa shape index (κ1) is 17.7. The lowest BCUT2D eigenvalue weighted by atomic mass is 10.1. The fourth-order valence-electron chi connectivity index (χ4n) is 2.75. The summed E-state index contributed by atoms with van der Waals surface area (Å²) < 4.78 is 24.5. The van der Waals surface area contributed by atoms with Crippen LogP contribution in [0.1, 0.15) is 25.7 Å². The van der Waals surface area contributed by atoms with Gasteiger partial charge in [-0.1, -0.05) is 0 Å². The van der Waals surface area contributed by atoms with E-state index in [2.05, 4.69) is 5.32 Å². The minimum atomic E-state index is -3.14. The molecule has 0 saturated carbocycles. The number of sulfonamides is 1. The van der Waals surface area contributed by atoms with Gasteiger partial charge < -0.3 is 10.2 Å². The molecule has 1 atom stereocenters. The highest BCUT2D eigenvalue weighted by Gasteiger charge is 2.26. The first-order valence-electron chi connectivity index (χ1n) is 6.93. The van der Waals surface area contributed by atoms with Gasteiger partial charge in [0.25, 0.3) is 0 Å². The fourth-order valence-corrected chi connectivity index (χ4v) is 3.62. The number of carbonyl (C=O) groups excluding carboxylic acids is 1. The Labute approximate surface area is 127 Å². The average molecular weight is 326 g/mol. The van der Waals surface area contributed by atoms with E-state index in [4.69, 9.17) is 0 Å². The van der Waals surface area contributed by atoms with E-state index >= 15 is 0 Å². The highest BCUT2D eigenvalue weighted by atomic mass is 35.5. The van der Waals surface area contributed by atoms with Crippen molar-refractivity contribution in [2.24, 2.45) is 0 Å². The predicted molar refractivity (Wildman–Crippen MR) is 80.5 cm³/mol. The van der Waals surface area contributed by atoms with Gasteiger partial charge in [0.2, 0.25) is 15.9 Å². The maximum absolute atomic E-state index is 12.2. The first-order valence-corrected chi connectivity index (χ1v) is 8.78. The molecule has 2 saturated heterocycles. The van der Waals surface area contributed by atoms with Crippen LogP contribution in [0, 0.1) is 0 Å². The van der Waals surface area contributed by atoms with Crippen LogP contribution in [0.4, 0.5) is 0 Å². The standard InChI is InChI=1S/C12H23N3O3S.ClH/c1-19(17,18)15-7-3-6-14(8-9-15)12(16)10-11-4-2-5-13-11;/h11,13H,2-10H2,1H3;1H. The second-order valence-corrected chi connectivity index (χ2v) is 7.38. The van der Waals surface area contributed by atoms with E-state index in [1.54, 1.807) is 0 Å². The summed E-state index contributed by atoms with van der Waals surface area (Å²) in [4.78, 5) is 14.0. The van der Waals surface area contributed by atoms with Crippen LogP contribution >= 0.6 is 12.4 Å². The minimum absolute atomic E-state index is 0. The molecule has 1 N–H and O–H groups in total. The largest absolute Gasteiger partial charge is 0.341 e. The number of nitrogens with one attached hydrogen (secondary N) is 1. The van der Waals surface area contributed by atoms with Crippen molar-refractivity contribution < 1.29 is 13.2 Å². The normalized spacial score (nSPS) is 25.1. The third-order valence-corrected chi connectivity index (χ3v) is 5.16. The Balaban J connectivity index is 0.00000200. The highest BCUT2D eigenvalue weighted by Crippen LogP contribution is 2.13.